The Morgan fingerprint density at radius 2 is 1.77 bits per heavy atom. The maximum atomic E-state index is 13.1. The highest BCUT2D eigenvalue weighted by molar-refractivity contribution is 9.10. The number of carbonyl (C=O) groups excluding carboxylic acids is 1. The number of aromatic nitrogens is 3. The minimum atomic E-state index is -0.323. The SMILES string of the molecule is Cc1cc2nn(-c3ccc(F)cc3)nc2cc1NC(=S)NC(=O)c1cccc(Br)c1. The molecule has 0 radical (unpaired) electrons. The van der Waals surface area contributed by atoms with Crippen molar-refractivity contribution >= 4 is 55.9 Å². The van der Waals surface area contributed by atoms with Crippen molar-refractivity contribution in [2.75, 3.05) is 5.32 Å². The molecule has 150 valence electrons. The molecule has 0 aliphatic heterocycles. The smallest absolute Gasteiger partial charge is 0.257 e. The molecule has 1 aromatic heterocycles. The van der Waals surface area contributed by atoms with Crippen LogP contribution in [0.5, 0.6) is 0 Å². The van der Waals surface area contributed by atoms with Crippen LogP contribution in [0.3, 0.4) is 0 Å². The zero-order valence-electron chi connectivity index (χ0n) is 15.7. The first-order valence-corrected chi connectivity index (χ1v) is 10.1. The zero-order valence-corrected chi connectivity index (χ0v) is 18.1. The van der Waals surface area contributed by atoms with E-state index in [9.17, 15) is 9.18 Å². The van der Waals surface area contributed by atoms with Crippen LogP contribution in [0, 0.1) is 12.7 Å². The quantitative estimate of drug-likeness (QED) is 0.411. The van der Waals surface area contributed by atoms with Crippen molar-refractivity contribution in [2.45, 2.75) is 6.92 Å². The summed E-state index contributed by atoms with van der Waals surface area (Å²) in [4.78, 5) is 13.8. The molecule has 0 saturated carbocycles. The lowest BCUT2D eigenvalue weighted by molar-refractivity contribution is 0.0977. The Balaban J connectivity index is 1.53. The van der Waals surface area contributed by atoms with E-state index in [1.54, 1.807) is 36.4 Å². The maximum Gasteiger partial charge on any atom is 0.257 e. The average molecular weight is 484 g/mol. The zero-order chi connectivity index (χ0) is 21.3. The van der Waals surface area contributed by atoms with Gasteiger partial charge in [0.2, 0.25) is 0 Å². The molecule has 1 heterocycles. The van der Waals surface area contributed by atoms with Crippen LogP contribution in [0.15, 0.2) is 65.1 Å². The fourth-order valence-corrected chi connectivity index (χ4v) is 3.45. The first-order valence-electron chi connectivity index (χ1n) is 8.90. The molecule has 2 N–H and O–H groups in total. The molecule has 0 unspecified atom stereocenters. The minimum absolute atomic E-state index is 0.174. The van der Waals surface area contributed by atoms with Gasteiger partial charge in [0.05, 0.1) is 5.69 Å². The molecule has 6 nitrogen and oxygen atoms in total. The fourth-order valence-electron chi connectivity index (χ4n) is 2.85. The number of nitrogens with zero attached hydrogens (tertiary/aromatic N) is 3. The first-order chi connectivity index (χ1) is 14.4. The highest BCUT2D eigenvalue weighted by Gasteiger charge is 2.12. The van der Waals surface area contributed by atoms with Crippen molar-refractivity contribution in [1.29, 1.82) is 0 Å². The van der Waals surface area contributed by atoms with Gasteiger partial charge >= 0.3 is 0 Å². The Morgan fingerprint density at radius 3 is 2.47 bits per heavy atom. The van der Waals surface area contributed by atoms with Crippen LogP contribution in [0.25, 0.3) is 16.7 Å². The van der Waals surface area contributed by atoms with E-state index in [1.165, 1.54) is 16.9 Å². The van der Waals surface area contributed by atoms with Gasteiger partial charge in [0.15, 0.2) is 5.11 Å². The summed E-state index contributed by atoms with van der Waals surface area (Å²) in [5.74, 6) is -0.633. The second-order valence-electron chi connectivity index (χ2n) is 6.54. The second-order valence-corrected chi connectivity index (χ2v) is 7.86. The van der Waals surface area contributed by atoms with Crippen LogP contribution in [0.2, 0.25) is 0 Å². The number of aryl methyl sites for hydroxylation is 1. The number of nitrogens with one attached hydrogen (secondary N) is 2. The van der Waals surface area contributed by atoms with Crippen LogP contribution in [-0.2, 0) is 0 Å². The largest absolute Gasteiger partial charge is 0.332 e. The minimum Gasteiger partial charge on any atom is -0.332 e. The molecule has 0 aliphatic rings. The first kappa shape index (κ1) is 20.1. The number of hydrogen-bond acceptors (Lipinski definition) is 4. The summed E-state index contributed by atoms with van der Waals surface area (Å²) >= 11 is 8.63. The van der Waals surface area contributed by atoms with Gasteiger partial charge in [-0.15, -0.1) is 10.2 Å². The van der Waals surface area contributed by atoms with E-state index in [2.05, 4.69) is 36.8 Å². The van der Waals surface area contributed by atoms with E-state index in [1.807, 2.05) is 19.1 Å². The van der Waals surface area contributed by atoms with Gasteiger partial charge in [-0.3, -0.25) is 10.1 Å². The fraction of sp³-hybridized carbons (Fsp3) is 0.0476. The predicted octanol–water partition coefficient (Wildman–Crippen LogP) is 4.76. The van der Waals surface area contributed by atoms with Crippen LogP contribution >= 0.6 is 28.1 Å². The normalized spacial score (nSPS) is 10.8. The summed E-state index contributed by atoms with van der Waals surface area (Å²) in [5.41, 5.74) is 4.04. The monoisotopic (exact) mass is 483 g/mol. The molecule has 0 spiro atoms. The number of fused-ring (bicyclic) bond motifs is 1. The van der Waals surface area contributed by atoms with E-state index < -0.39 is 0 Å². The third-order valence-corrected chi connectivity index (χ3v) is 5.04. The Kier molecular flexibility index (Phi) is 5.56. The number of thiocarbonyl (C=S) groups is 1. The van der Waals surface area contributed by atoms with Crippen LogP contribution in [0.1, 0.15) is 15.9 Å². The summed E-state index contributed by atoms with van der Waals surface area (Å²) in [6.45, 7) is 1.90. The molecule has 1 amide bonds. The van der Waals surface area contributed by atoms with Crippen LogP contribution < -0.4 is 10.6 Å². The number of anilines is 1. The Bertz CT molecular complexity index is 1270. The molecule has 9 heteroatoms. The van der Waals surface area contributed by atoms with Gasteiger partial charge in [-0.05, 0) is 79.3 Å². The van der Waals surface area contributed by atoms with Gasteiger partial charge in [-0.1, -0.05) is 22.0 Å². The maximum absolute atomic E-state index is 13.1. The van der Waals surface area contributed by atoms with Gasteiger partial charge in [-0.25, -0.2) is 4.39 Å². The summed E-state index contributed by atoms with van der Waals surface area (Å²) in [6, 6.07) is 16.6. The molecule has 3 aromatic carbocycles. The van der Waals surface area contributed by atoms with Crippen molar-refractivity contribution < 1.29 is 9.18 Å². The van der Waals surface area contributed by atoms with Crippen molar-refractivity contribution in [2.24, 2.45) is 0 Å². The van der Waals surface area contributed by atoms with E-state index in [4.69, 9.17) is 12.2 Å². The van der Waals surface area contributed by atoms with Crippen molar-refractivity contribution in [1.82, 2.24) is 20.3 Å². The highest BCUT2D eigenvalue weighted by Crippen LogP contribution is 2.22. The van der Waals surface area contributed by atoms with Crippen LogP contribution in [0.4, 0.5) is 10.1 Å². The number of benzene rings is 3. The number of amides is 1. The molecule has 30 heavy (non-hydrogen) atoms. The van der Waals surface area contributed by atoms with Gasteiger partial charge in [0.25, 0.3) is 5.91 Å². The van der Waals surface area contributed by atoms with Crippen molar-refractivity contribution in [3.63, 3.8) is 0 Å². The second kappa shape index (κ2) is 8.29. The number of halogens is 2. The van der Waals surface area contributed by atoms with Gasteiger partial charge in [0.1, 0.15) is 16.9 Å². The topological polar surface area (TPSA) is 71.8 Å². The molecule has 0 saturated heterocycles. The van der Waals surface area contributed by atoms with Crippen molar-refractivity contribution in [3.8, 4) is 5.69 Å². The Labute approximate surface area is 185 Å². The number of rotatable bonds is 3. The van der Waals surface area contributed by atoms with Crippen LogP contribution in [-0.4, -0.2) is 26.0 Å². The van der Waals surface area contributed by atoms with E-state index in [0.29, 0.717) is 28.0 Å². The summed E-state index contributed by atoms with van der Waals surface area (Å²) < 4.78 is 14.0. The number of carbonyl (C=O) groups is 1. The average Bonchev–Trinajstić information content (AvgIpc) is 3.11. The molecule has 0 aliphatic carbocycles. The molecular weight excluding hydrogens is 469 g/mol. The highest BCUT2D eigenvalue weighted by atomic mass is 79.9. The third kappa shape index (κ3) is 4.37. The number of hydrogen-bond donors (Lipinski definition) is 2. The lowest BCUT2D eigenvalue weighted by atomic mass is 10.2. The molecule has 4 aromatic rings. The third-order valence-electron chi connectivity index (χ3n) is 4.35. The van der Waals surface area contributed by atoms with E-state index >= 15 is 0 Å². The molecule has 0 fully saturated rings. The lowest BCUT2D eigenvalue weighted by Gasteiger charge is -2.11. The van der Waals surface area contributed by atoms with Gasteiger partial charge in [-0.2, -0.15) is 4.80 Å². The Hall–Kier alpha value is -3.17. The molecule has 4 rings (SSSR count). The Morgan fingerprint density at radius 1 is 1.07 bits per heavy atom. The molecule has 0 atom stereocenters. The molecule has 0 bridgehead atoms. The summed E-state index contributed by atoms with van der Waals surface area (Å²) in [6.07, 6.45) is 0. The standard InChI is InChI=1S/C21H15BrFN5OS/c1-12-9-18-19(27-28(26-18)16-7-5-15(23)6-8-16)11-17(12)24-21(30)25-20(29)13-3-2-4-14(22)10-13/h2-11H,1H3,(H2,24,25,29,30). The van der Waals surface area contributed by atoms with E-state index in [0.717, 1.165) is 10.0 Å². The predicted molar refractivity (Wildman–Crippen MR) is 121 cm³/mol. The lowest BCUT2D eigenvalue weighted by Crippen LogP contribution is -2.34. The van der Waals surface area contributed by atoms with Gasteiger partial charge in [0, 0.05) is 15.7 Å². The van der Waals surface area contributed by atoms with E-state index in [-0.39, 0.29) is 16.8 Å². The molecular formula is C21H15BrFN5OS. The van der Waals surface area contributed by atoms with Crippen molar-refractivity contribution in [3.05, 3.63) is 82.1 Å². The summed E-state index contributed by atoms with van der Waals surface area (Å²) in [5, 5.41) is 14.8. The van der Waals surface area contributed by atoms with Gasteiger partial charge < -0.3 is 5.32 Å². The summed E-state index contributed by atoms with van der Waals surface area (Å²) in [7, 11) is 0.